The molecule has 0 aromatic heterocycles. The first kappa shape index (κ1) is 66.0. The lowest BCUT2D eigenvalue weighted by atomic mass is 10.0. The molecule has 0 aromatic carbocycles. The molecule has 0 N–H and O–H groups in total. The maximum Gasteiger partial charge on any atom is 0.0786 e. The molecule has 0 aliphatic rings. The molecule has 0 radical (unpaired) electrons. The van der Waals surface area contributed by atoms with Gasteiger partial charge in [-0.3, -0.25) is 0 Å². The lowest BCUT2D eigenvalue weighted by molar-refractivity contribution is -0.929. The average molecular weight is 906 g/mol. The first-order chi connectivity index (χ1) is 31.5. The molecule has 0 saturated heterocycles. The second-order valence-corrected chi connectivity index (χ2v) is 21.9. The van der Waals surface area contributed by atoms with Gasteiger partial charge in [-0.05, 0) is 77.0 Å². The highest BCUT2D eigenvalue weighted by molar-refractivity contribution is 4.56. The normalized spacial score (nSPS) is 12.0. The highest BCUT2D eigenvalue weighted by Gasteiger charge is 2.26. The summed E-state index contributed by atoms with van der Waals surface area (Å²) < 4.78 is 2.91. The molecule has 0 amide bonds. The van der Waals surface area contributed by atoms with E-state index in [2.05, 4.69) is 55.4 Å². The van der Waals surface area contributed by atoms with Gasteiger partial charge in [0.2, 0.25) is 0 Å². The van der Waals surface area contributed by atoms with E-state index < -0.39 is 0 Å². The van der Waals surface area contributed by atoms with E-state index in [0.717, 1.165) is 0 Å². The average Bonchev–Trinajstić information content (AvgIpc) is 3.31. The molecule has 0 bridgehead atoms. The van der Waals surface area contributed by atoms with Crippen molar-refractivity contribution in [2.45, 2.75) is 351 Å². The number of nitrogens with zero attached hydrogens (tertiary/aromatic N) is 2. The van der Waals surface area contributed by atoms with E-state index in [0.29, 0.717) is 0 Å². The van der Waals surface area contributed by atoms with Crippen LogP contribution >= 0.6 is 0 Å². The third-order valence-corrected chi connectivity index (χ3v) is 15.4. The number of hydrogen-bond donors (Lipinski definition) is 0. The van der Waals surface area contributed by atoms with Gasteiger partial charge in [0.15, 0.2) is 0 Å². The Labute approximate surface area is 410 Å². The molecule has 0 heterocycles. The topological polar surface area (TPSA) is 0 Å². The van der Waals surface area contributed by atoms with E-state index in [-0.39, 0.29) is 0 Å². The fourth-order valence-corrected chi connectivity index (χ4v) is 10.7. The molecule has 64 heavy (non-hydrogen) atoms. The van der Waals surface area contributed by atoms with Crippen LogP contribution in [0.2, 0.25) is 0 Å². The minimum absolute atomic E-state index is 1.36. The minimum Gasteiger partial charge on any atom is -0.324 e. The number of quaternary nitrogens is 2. The van der Waals surface area contributed by atoms with Crippen LogP contribution in [0.4, 0.5) is 0 Å². The molecule has 0 aromatic rings. The van der Waals surface area contributed by atoms with Crippen LogP contribution in [0, 0.1) is 0 Å². The Morgan fingerprint density at radius 3 is 0.375 bits per heavy atom. The van der Waals surface area contributed by atoms with Crippen molar-refractivity contribution in [3.63, 3.8) is 0 Å². The Morgan fingerprint density at radius 1 is 0.125 bits per heavy atom. The van der Waals surface area contributed by atoms with Gasteiger partial charge < -0.3 is 8.97 Å². The summed E-state index contributed by atoms with van der Waals surface area (Å²) in [7, 11) is 0. The van der Waals surface area contributed by atoms with Crippen LogP contribution in [0.5, 0.6) is 0 Å². The highest BCUT2D eigenvalue weighted by Crippen LogP contribution is 2.22. The first-order valence-corrected chi connectivity index (χ1v) is 31.2. The zero-order valence-electron chi connectivity index (χ0n) is 47.1. The van der Waals surface area contributed by atoms with Gasteiger partial charge in [0.1, 0.15) is 0 Å². The summed E-state index contributed by atoms with van der Waals surface area (Å²) in [5, 5.41) is 0. The molecule has 0 unspecified atom stereocenters. The zero-order valence-corrected chi connectivity index (χ0v) is 47.1. The van der Waals surface area contributed by atoms with Gasteiger partial charge in [0.05, 0.1) is 52.4 Å². The van der Waals surface area contributed by atoms with E-state index in [1.54, 1.807) is 0 Å². The Kier molecular flexibility index (Phi) is 57.3. The van der Waals surface area contributed by atoms with Gasteiger partial charge in [-0.2, -0.15) is 0 Å². The molecule has 0 fully saturated rings. The summed E-state index contributed by atoms with van der Waals surface area (Å²) in [5.41, 5.74) is 0. The van der Waals surface area contributed by atoms with E-state index in [9.17, 15) is 0 Å². The molecule has 0 spiro atoms. The summed E-state index contributed by atoms with van der Waals surface area (Å²) in [6, 6.07) is 0. The van der Waals surface area contributed by atoms with E-state index >= 15 is 0 Å². The van der Waals surface area contributed by atoms with Crippen LogP contribution in [0.15, 0.2) is 0 Å². The molecule has 2 nitrogen and oxygen atoms in total. The predicted octanol–water partition coefficient (Wildman–Crippen LogP) is 21.7. The van der Waals surface area contributed by atoms with Gasteiger partial charge in [-0.25, -0.2) is 0 Å². The lowest BCUT2D eigenvalue weighted by Crippen LogP contribution is -2.50. The molecule has 388 valence electrons. The molecular weight excluding hydrogens is 773 g/mol. The van der Waals surface area contributed by atoms with Crippen molar-refractivity contribution in [3.05, 3.63) is 0 Å². The third kappa shape index (κ3) is 47.0. The highest BCUT2D eigenvalue weighted by atomic mass is 15.4. The SMILES string of the molecule is CCCCCCCCCCCC[N+](CCCC)(CCCC)CCCCCCCCCCCC.CCCCCCCCCCC[N+](CCCC)(CCCC)CCCCCCCCCCC. The van der Waals surface area contributed by atoms with Gasteiger partial charge in [-0.15, -0.1) is 0 Å². The Morgan fingerprint density at radius 2 is 0.234 bits per heavy atom. The Bertz CT molecular complexity index is 741. The van der Waals surface area contributed by atoms with Crippen molar-refractivity contribution in [3.8, 4) is 0 Å². The van der Waals surface area contributed by atoms with Crippen LogP contribution < -0.4 is 0 Å². The van der Waals surface area contributed by atoms with Gasteiger partial charge >= 0.3 is 0 Å². The van der Waals surface area contributed by atoms with Crippen molar-refractivity contribution >= 4 is 0 Å². The minimum atomic E-state index is 1.36. The lowest BCUT2D eigenvalue weighted by Gasteiger charge is -2.39. The summed E-state index contributed by atoms with van der Waals surface area (Å²) in [4.78, 5) is 0. The van der Waals surface area contributed by atoms with Crippen LogP contribution in [-0.2, 0) is 0 Å². The van der Waals surface area contributed by atoms with Crippen molar-refractivity contribution in [1.29, 1.82) is 0 Å². The molecule has 0 saturated carbocycles. The van der Waals surface area contributed by atoms with E-state index in [1.807, 2.05) is 0 Å². The van der Waals surface area contributed by atoms with E-state index in [4.69, 9.17) is 0 Å². The van der Waals surface area contributed by atoms with Gasteiger partial charge in [0, 0.05) is 0 Å². The number of unbranched alkanes of at least 4 members (excludes halogenated alkanes) is 38. The smallest absolute Gasteiger partial charge is 0.0786 e. The van der Waals surface area contributed by atoms with E-state index in [1.165, 1.54) is 357 Å². The second-order valence-electron chi connectivity index (χ2n) is 21.9. The van der Waals surface area contributed by atoms with Crippen molar-refractivity contribution in [2.75, 3.05) is 52.4 Å². The van der Waals surface area contributed by atoms with Crippen molar-refractivity contribution < 1.29 is 8.97 Å². The fraction of sp³-hybridized carbons (Fsp3) is 1.00. The maximum atomic E-state index is 2.38. The molecule has 0 aliphatic heterocycles. The van der Waals surface area contributed by atoms with Crippen LogP contribution in [-0.4, -0.2) is 61.3 Å². The summed E-state index contributed by atoms with van der Waals surface area (Å²) in [6.07, 6.45) is 66.6. The summed E-state index contributed by atoms with van der Waals surface area (Å²) >= 11 is 0. The number of hydrogen-bond acceptors (Lipinski definition) is 0. The Balaban J connectivity index is 0. The molecule has 0 rings (SSSR count). The van der Waals surface area contributed by atoms with Crippen LogP contribution in [0.1, 0.15) is 351 Å². The van der Waals surface area contributed by atoms with Gasteiger partial charge in [0.25, 0.3) is 0 Å². The quantitative estimate of drug-likeness (QED) is 0.0421. The fourth-order valence-electron chi connectivity index (χ4n) is 10.7. The van der Waals surface area contributed by atoms with Gasteiger partial charge in [-0.1, -0.05) is 274 Å². The van der Waals surface area contributed by atoms with Crippen molar-refractivity contribution in [1.82, 2.24) is 0 Å². The van der Waals surface area contributed by atoms with Crippen LogP contribution in [0.3, 0.4) is 0 Å². The molecule has 0 atom stereocenters. The molecule has 2 heteroatoms. The largest absolute Gasteiger partial charge is 0.324 e. The van der Waals surface area contributed by atoms with Crippen LogP contribution in [0.25, 0.3) is 0 Å². The molecular formula is C62H132N2+2. The second kappa shape index (κ2) is 55.5. The number of rotatable bonds is 54. The maximum absolute atomic E-state index is 2.38. The third-order valence-electron chi connectivity index (χ3n) is 15.4. The summed E-state index contributed by atoms with van der Waals surface area (Å²) in [5.74, 6) is 0. The van der Waals surface area contributed by atoms with Crippen molar-refractivity contribution in [2.24, 2.45) is 0 Å². The standard InChI is InChI=1S/C32H68N.C30H64N/c1-5-9-13-15-17-19-21-23-25-27-31-33(29-11-7-3,30-12-8-4)32-28-26-24-22-20-18-16-14-10-6-2;1-5-9-13-15-17-19-21-23-25-29-31(27-11-7-3,28-12-8-4)30-26-24-22-20-18-16-14-10-6-2/h5-32H2,1-4H3;5-30H2,1-4H3/q2*+1. The Hall–Kier alpha value is -0.0800. The molecule has 0 aliphatic carbocycles. The monoisotopic (exact) mass is 905 g/mol. The predicted molar refractivity (Wildman–Crippen MR) is 297 cm³/mol. The summed E-state index contributed by atoms with van der Waals surface area (Å²) in [6.45, 7) is 30.5. The zero-order chi connectivity index (χ0) is 47.2. The first-order valence-electron chi connectivity index (χ1n) is 31.2.